The minimum Gasteiger partial charge on any atom is -0.493 e. The smallest absolute Gasteiger partial charge is 0.276 e. The third-order valence-electron chi connectivity index (χ3n) is 4.52. The molecule has 0 bridgehead atoms. The van der Waals surface area contributed by atoms with Gasteiger partial charge in [0.15, 0.2) is 16.6 Å². The maximum Gasteiger partial charge on any atom is 0.276 e. The number of hydrogen-bond acceptors (Lipinski definition) is 5. The SMILES string of the molecule is COc1cc(/C=C2/C(=O)N(C)C(=S)N2C)cc(I)c1OCc1ccccc1C#N. The average Bonchev–Trinajstić information content (AvgIpc) is 2.90. The summed E-state index contributed by atoms with van der Waals surface area (Å²) < 4.78 is 12.3. The van der Waals surface area contributed by atoms with E-state index in [4.69, 9.17) is 21.7 Å². The molecule has 1 aliphatic rings. The summed E-state index contributed by atoms with van der Waals surface area (Å²) in [5, 5.41) is 9.70. The molecule has 1 amide bonds. The summed E-state index contributed by atoms with van der Waals surface area (Å²) in [5.41, 5.74) is 2.66. The summed E-state index contributed by atoms with van der Waals surface area (Å²) in [5.74, 6) is 0.976. The number of halogens is 1. The predicted octanol–water partition coefficient (Wildman–Crippen LogP) is 3.78. The zero-order valence-electron chi connectivity index (χ0n) is 16.1. The highest BCUT2D eigenvalue weighted by Gasteiger charge is 2.32. The van der Waals surface area contributed by atoms with Crippen molar-refractivity contribution >= 4 is 51.9 Å². The zero-order valence-corrected chi connectivity index (χ0v) is 19.1. The molecule has 0 spiro atoms. The molecule has 1 heterocycles. The second kappa shape index (κ2) is 8.80. The van der Waals surface area contributed by atoms with Crippen LogP contribution in [0.25, 0.3) is 6.08 Å². The van der Waals surface area contributed by atoms with Gasteiger partial charge in [0, 0.05) is 19.7 Å². The van der Waals surface area contributed by atoms with E-state index in [0.717, 1.165) is 14.7 Å². The summed E-state index contributed by atoms with van der Waals surface area (Å²) in [6, 6.07) is 13.2. The van der Waals surface area contributed by atoms with E-state index in [1.807, 2.05) is 30.3 Å². The van der Waals surface area contributed by atoms with Gasteiger partial charge in [0.25, 0.3) is 5.91 Å². The second-order valence-electron chi connectivity index (χ2n) is 6.33. The predicted molar refractivity (Wildman–Crippen MR) is 122 cm³/mol. The van der Waals surface area contributed by atoms with E-state index >= 15 is 0 Å². The van der Waals surface area contributed by atoms with Crippen LogP contribution >= 0.6 is 34.8 Å². The number of methoxy groups -OCH3 is 1. The van der Waals surface area contributed by atoms with Gasteiger partial charge in [0.05, 0.1) is 22.3 Å². The molecule has 6 nitrogen and oxygen atoms in total. The number of carbonyl (C=O) groups excluding carboxylic acids is 1. The quantitative estimate of drug-likeness (QED) is 0.341. The number of nitriles is 1. The summed E-state index contributed by atoms with van der Waals surface area (Å²) >= 11 is 7.42. The fraction of sp³-hybridized carbons (Fsp3) is 0.190. The highest BCUT2D eigenvalue weighted by Crippen LogP contribution is 2.36. The van der Waals surface area contributed by atoms with Gasteiger partial charge in [0.2, 0.25) is 0 Å². The fourth-order valence-corrected chi connectivity index (χ4v) is 3.88. The lowest BCUT2D eigenvalue weighted by atomic mass is 10.1. The number of carbonyl (C=O) groups is 1. The van der Waals surface area contributed by atoms with E-state index in [9.17, 15) is 10.1 Å². The molecule has 2 aromatic carbocycles. The standard InChI is InChI=1S/C21H18IN3O3S/c1-24-17(20(26)25(2)21(24)29)9-13-8-16(22)19(18(10-13)27-3)28-12-15-7-5-4-6-14(15)11-23/h4-10H,12H2,1-3H3/b17-9-. The van der Waals surface area contributed by atoms with E-state index in [1.165, 1.54) is 4.90 Å². The van der Waals surface area contributed by atoms with Gasteiger partial charge in [-0.25, -0.2) is 0 Å². The van der Waals surface area contributed by atoms with Gasteiger partial charge in [-0.2, -0.15) is 5.26 Å². The zero-order chi connectivity index (χ0) is 21.1. The monoisotopic (exact) mass is 519 g/mol. The van der Waals surface area contributed by atoms with Crippen molar-refractivity contribution in [2.24, 2.45) is 0 Å². The summed E-state index contributed by atoms with van der Waals surface area (Å²) in [7, 11) is 4.98. The molecular weight excluding hydrogens is 501 g/mol. The van der Waals surface area contributed by atoms with Crippen LogP contribution in [0, 0.1) is 14.9 Å². The third kappa shape index (κ3) is 4.21. The van der Waals surface area contributed by atoms with Gasteiger partial charge < -0.3 is 14.4 Å². The van der Waals surface area contributed by atoms with Crippen LogP contribution in [0.2, 0.25) is 0 Å². The molecule has 0 unspecified atom stereocenters. The molecule has 29 heavy (non-hydrogen) atoms. The average molecular weight is 519 g/mol. The molecule has 0 aliphatic carbocycles. The first-order chi connectivity index (χ1) is 13.9. The van der Waals surface area contributed by atoms with Crippen molar-refractivity contribution in [3.05, 3.63) is 62.4 Å². The third-order valence-corrected chi connectivity index (χ3v) is 5.87. The van der Waals surface area contributed by atoms with E-state index in [0.29, 0.717) is 27.9 Å². The molecule has 1 fully saturated rings. The van der Waals surface area contributed by atoms with Crippen LogP contribution in [0.4, 0.5) is 0 Å². The summed E-state index contributed by atoms with van der Waals surface area (Å²) in [6.45, 7) is 0.247. The Labute approximate surface area is 188 Å². The molecule has 0 atom stereocenters. The van der Waals surface area contributed by atoms with Crippen molar-refractivity contribution in [2.75, 3.05) is 21.2 Å². The van der Waals surface area contributed by atoms with Crippen molar-refractivity contribution < 1.29 is 14.3 Å². The Kier molecular flexibility index (Phi) is 6.39. The van der Waals surface area contributed by atoms with Gasteiger partial charge in [-0.05, 0) is 64.6 Å². The first-order valence-corrected chi connectivity index (χ1v) is 10.1. The highest BCUT2D eigenvalue weighted by atomic mass is 127. The molecule has 8 heteroatoms. The molecule has 2 aromatic rings. The largest absolute Gasteiger partial charge is 0.493 e. The van der Waals surface area contributed by atoms with E-state index in [1.54, 1.807) is 38.2 Å². The van der Waals surface area contributed by atoms with Crippen LogP contribution in [-0.2, 0) is 11.4 Å². The molecule has 0 aromatic heterocycles. The molecule has 148 valence electrons. The Bertz CT molecular complexity index is 1060. The molecule has 3 rings (SSSR count). The minimum absolute atomic E-state index is 0.153. The van der Waals surface area contributed by atoms with Crippen LogP contribution in [0.1, 0.15) is 16.7 Å². The van der Waals surface area contributed by atoms with Crippen LogP contribution in [-0.4, -0.2) is 42.0 Å². The Morgan fingerprint density at radius 2 is 1.97 bits per heavy atom. The van der Waals surface area contributed by atoms with Gasteiger partial charge in [-0.15, -0.1) is 0 Å². The molecular formula is C21H18IN3O3S. The van der Waals surface area contributed by atoms with Crippen LogP contribution in [0.3, 0.4) is 0 Å². The first-order valence-electron chi connectivity index (χ1n) is 8.63. The first kappa shape index (κ1) is 21.1. The van der Waals surface area contributed by atoms with Crippen molar-refractivity contribution in [1.29, 1.82) is 5.26 Å². The van der Waals surface area contributed by atoms with E-state index in [-0.39, 0.29) is 12.5 Å². The lowest BCUT2D eigenvalue weighted by molar-refractivity contribution is -0.121. The van der Waals surface area contributed by atoms with Crippen LogP contribution in [0.5, 0.6) is 11.5 Å². The Balaban J connectivity index is 1.91. The van der Waals surface area contributed by atoms with Crippen LogP contribution < -0.4 is 9.47 Å². The summed E-state index contributed by atoms with van der Waals surface area (Å²) in [6.07, 6.45) is 1.78. The number of rotatable bonds is 5. The normalized spacial score (nSPS) is 15.1. The van der Waals surface area contributed by atoms with Crippen LogP contribution in [0.15, 0.2) is 42.1 Å². The molecule has 1 saturated heterocycles. The minimum atomic E-state index is -0.153. The van der Waals surface area contributed by atoms with E-state index in [2.05, 4.69) is 28.7 Å². The highest BCUT2D eigenvalue weighted by molar-refractivity contribution is 14.1. The van der Waals surface area contributed by atoms with Gasteiger partial charge >= 0.3 is 0 Å². The van der Waals surface area contributed by atoms with Crippen molar-refractivity contribution in [2.45, 2.75) is 6.61 Å². The summed E-state index contributed by atoms with van der Waals surface area (Å²) in [4.78, 5) is 15.5. The maximum absolute atomic E-state index is 12.4. The number of hydrogen-bond donors (Lipinski definition) is 0. The van der Waals surface area contributed by atoms with Gasteiger partial charge in [0.1, 0.15) is 12.3 Å². The lowest BCUT2D eigenvalue weighted by Gasteiger charge is -2.15. The second-order valence-corrected chi connectivity index (χ2v) is 7.85. The number of likely N-dealkylation sites (N-methyl/N-ethyl adjacent to an activating group) is 2. The Hall–Kier alpha value is -2.64. The number of thiocarbonyl (C=S) groups is 1. The number of nitrogens with zero attached hydrogens (tertiary/aromatic N) is 3. The Morgan fingerprint density at radius 1 is 1.24 bits per heavy atom. The number of ether oxygens (including phenoxy) is 2. The van der Waals surface area contributed by atoms with E-state index < -0.39 is 0 Å². The molecule has 0 radical (unpaired) electrons. The fourth-order valence-electron chi connectivity index (χ4n) is 2.91. The topological polar surface area (TPSA) is 65.8 Å². The number of amides is 1. The lowest BCUT2D eigenvalue weighted by Crippen LogP contribution is -2.26. The van der Waals surface area contributed by atoms with Crippen molar-refractivity contribution in [3.63, 3.8) is 0 Å². The van der Waals surface area contributed by atoms with Gasteiger partial charge in [-0.3, -0.25) is 9.69 Å². The maximum atomic E-state index is 12.4. The van der Waals surface area contributed by atoms with Gasteiger partial charge in [-0.1, -0.05) is 18.2 Å². The van der Waals surface area contributed by atoms with Crippen molar-refractivity contribution in [1.82, 2.24) is 9.80 Å². The molecule has 1 aliphatic heterocycles. The Morgan fingerprint density at radius 3 is 2.59 bits per heavy atom. The molecule has 0 saturated carbocycles. The number of benzene rings is 2. The molecule has 0 N–H and O–H groups in total. The van der Waals surface area contributed by atoms with Crippen molar-refractivity contribution in [3.8, 4) is 17.6 Å².